The Morgan fingerprint density at radius 3 is 2.19 bits per heavy atom. The van der Waals surface area contributed by atoms with E-state index in [2.05, 4.69) is 60.0 Å². The van der Waals surface area contributed by atoms with Crippen molar-refractivity contribution in [3.63, 3.8) is 0 Å². The van der Waals surface area contributed by atoms with Gasteiger partial charge in [-0.2, -0.15) is 0 Å². The van der Waals surface area contributed by atoms with Crippen molar-refractivity contribution in [3.05, 3.63) is 65.7 Å². The van der Waals surface area contributed by atoms with Gasteiger partial charge in [-0.05, 0) is 41.0 Å². The first-order chi connectivity index (χ1) is 14.7. The molecule has 31 heavy (non-hydrogen) atoms. The maximum atomic E-state index is 5.44. The van der Waals surface area contributed by atoms with Gasteiger partial charge in [0.25, 0.3) is 0 Å². The lowest BCUT2D eigenvalue weighted by atomic mass is 10.0. The van der Waals surface area contributed by atoms with E-state index in [-0.39, 0.29) is 24.0 Å². The molecule has 0 aromatic heterocycles. The Bertz CT molecular complexity index is 994. The predicted octanol–water partition coefficient (Wildman–Crippen LogP) is 4.74. The molecule has 0 spiro atoms. The molecule has 0 aliphatic rings. The second-order valence-electron chi connectivity index (χ2n) is 6.72. The monoisotopic (exact) mass is 535 g/mol. The minimum atomic E-state index is 0. The van der Waals surface area contributed by atoms with Crippen molar-refractivity contribution in [2.24, 2.45) is 4.99 Å². The van der Waals surface area contributed by atoms with Crippen molar-refractivity contribution in [2.45, 2.75) is 20.0 Å². The fraction of sp³-hybridized carbons (Fsp3) is 0.292. The Morgan fingerprint density at radius 1 is 0.871 bits per heavy atom. The number of methoxy groups -OCH3 is 3. The van der Waals surface area contributed by atoms with E-state index < -0.39 is 0 Å². The van der Waals surface area contributed by atoms with E-state index in [4.69, 9.17) is 19.2 Å². The summed E-state index contributed by atoms with van der Waals surface area (Å²) in [5.74, 6) is 2.57. The first-order valence-electron chi connectivity index (χ1n) is 9.97. The predicted molar refractivity (Wildman–Crippen MR) is 137 cm³/mol. The van der Waals surface area contributed by atoms with E-state index in [0.29, 0.717) is 30.3 Å². The van der Waals surface area contributed by atoms with Gasteiger partial charge in [-0.3, -0.25) is 0 Å². The van der Waals surface area contributed by atoms with Gasteiger partial charge in [-0.15, -0.1) is 24.0 Å². The summed E-state index contributed by atoms with van der Waals surface area (Å²) in [7, 11) is 4.82. The SMILES string of the molecule is CCNC(=NCc1cc(OC)c(OC)c(OC)c1)NCc1cccc2ccccc12.I. The lowest BCUT2D eigenvalue weighted by molar-refractivity contribution is 0.324. The molecule has 0 heterocycles. The molecule has 7 heteroatoms. The molecule has 0 fully saturated rings. The summed E-state index contributed by atoms with van der Waals surface area (Å²) in [5.41, 5.74) is 2.19. The molecule has 0 amide bonds. The maximum absolute atomic E-state index is 5.44. The van der Waals surface area contributed by atoms with Crippen LogP contribution in [0, 0.1) is 0 Å². The van der Waals surface area contributed by atoms with Crippen LogP contribution in [0.25, 0.3) is 10.8 Å². The van der Waals surface area contributed by atoms with Crippen molar-refractivity contribution in [1.29, 1.82) is 0 Å². The van der Waals surface area contributed by atoms with Gasteiger partial charge in [-0.1, -0.05) is 42.5 Å². The molecule has 6 nitrogen and oxygen atoms in total. The summed E-state index contributed by atoms with van der Waals surface area (Å²) in [5, 5.41) is 9.21. The lowest BCUT2D eigenvalue weighted by Crippen LogP contribution is -2.36. The van der Waals surface area contributed by atoms with Crippen LogP contribution in [-0.4, -0.2) is 33.8 Å². The Labute approximate surface area is 201 Å². The van der Waals surface area contributed by atoms with Gasteiger partial charge >= 0.3 is 0 Å². The van der Waals surface area contributed by atoms with Crippen LogP contribution in [0.2, 0.25) is 0 Å². The zero-order chi connectivity index (χ0) is 21.3. The minimum Gasteiger partial charge on any atom is -0.493 e. The van der Waals surface area contributed by atoms with Crippen LogP contribution < -0.4 is 24.8 Å². The first kappa shape index (κ1) is 24.6. The highest BCUT2D eigenvalue weighted by Gasteiger charge is 2.13. The molecule has 2 N–H and O–H groups in total. The number of nitrogens with one attached hydrogen (secondary N) is 2. The largest absolute Gasteiger partial charge is 0.493 e. The third kappa shape index (κ3) is 6.16. The van der Waals surface area contributed by atoms with Gasteiger partial charge in [-0.25, -0.2) is 4.99 Å². The number of fused-ring (bicyclic) bond motifs is 1. The molecule has 166 valence electrons. The Morgan fingerprint density at radius 2 is 1.55 bits per heavy atom. The molecule has 0 radical (unpaired) electrons. The summed E-state index contributed by atoms with van der Waals surface area (Å²) < 4.78 is 16.3. The highest BCUT2D eigenvalue weighted by Crippen LogP contribution is 2.38. The quantitative estimate of drug-likeness (QED) is 0.248. The van der Waals surface area contributed by atoms with E-state index in [1.807, 2.05) is 12.1 Å². The van der Waals surface area contributed by atoms with Gasteiger partial charge in [0, 0.05) is 13.1 Å². The summed E-state index contributed by atoms with van der Waals surface area (Å²) in [6.45, 7) is 3.98. The van der Waals surface area contributed by atoms with Crippen LogP contribution in [0.4, 0.5) is 0 Å². The van der Waals surface area contributed by atoms with Crippen molar-refractivity contribution in [3.8, 4) is 17.2 Å². The van der Waals surface area contributed by atoms with Gasteiger partial charge < -0.3 is 24.8 Å². The van der Waals surface area contributed by atoms with E-state index >= 15 is 0 Å². The van der Waals surface area contributed by atoms with Gasteiger partial charge in [0.1, 0.15) is 0 Å². The summed E-state index contributed by atoms with van der Waals surface area (Å²) in [6, 6.07) is 18.6. The number of halogens is 1. The van der Waals surface area contributed by atoms with Crippen LogP contribution in [0.15, 0.2) is 59.6 Å². The number of hydrogen-bond acceptors (Lipinski definition) is 4. The van der Waals surface area contributed by atoms with Crippen LogP contribution in [-0.2, 0) is 13.1 Å². The van der Waals surface area contributed by atoms with E-state index in [0.717, 1.165) is 18.1 Å². The van der Waals surface area contributed by atoms with Crippen molar-refractivity contribution in [1.82, 2.24) is 10.6 Å². The zero-order valence-electron chi connectivity index (χ0n) is 18.4. The van der Waals surface area contributed by atoms with Crippen LogP contribution >= 0.6 is 24.0 Å². The first-order valence-corrected chi connectivity index (χ1v) is 9.97. The number of guanidine groups is 1. The molecule has 0 aliphatic carbocycles. The van der Waals surface area contributed by atoms with Crippen LogP contribution in [0.5, 0.6) is 17.2 Å². The molecule has 0 bridgehead atoms. The van der Waals surface area contributed by atoms with Crippen molar-refractivity contribution in [2.75, 3.05) is 27.9 Å². The molecule has 3 aromatic rings. The fourth-order valence-electron chi connectivity index (χ4n) is 3.36. The molecule has 0 unspecified atom stereocenters. The highest BCUT2D eigenvalue weighted by molar-refractivity contribution is 14.0. The molecule has 0 aliphatic heterocycles. The lowest BCUT2D eigenvalue weighted by Gasteiger charge is -2.15. The Hall–Kier alpha value is -2.68. The average molecular weight is 535 g/mol. The molecule has 0 atom stereocenters. The second kappa shape index (κ2) is 12.2. The van der Waals surface area contributed by atoms with Crippen LogP contribution in [0.3, 0.4) is 0 Å². The maximum Gasteiger partial charge on any atom is 0.203 e. The molecular formula is C24H30IN3O3. The smallest absolute Gasteiger partial charge is 0.203 e. The average Bonchev–Trinajstić information content (AvgIpc) is 2.79. The van der Waals surface area contributed by atoms with E-state index in [1.165, 1.54) is 16.3 Å². The van der Waals surface area contributed by atoms with Crippen molar-refractivity contribution >= 4 is 40.7 Å². The summed E-state index contributed by atoms with van der Waals surface area (Å²) in [4.78, 5) is 4.73. The van der Waals surface area contributed by atoms with Gasteiger partial charge in [0.2, 0.25) is 5.75 Å². The number of hydrogen-bond donors (Lipinski definition) is 2. The normalized spacial score (nSPS) is 10.9. The Kier molecular flexibility index (Phi) is 9.71. The summed E-state index contributed by atoms with van der Waals surface area (Å²) >= 11 is 0. The van der Waals surface area contributed by atoms with Gasteiger partial charge in [0.05, 0.1) is 27.9 Å². The third-order valence-corrected chi connectivity index (χ3v) is 4.81. The number of ether oxygens (including phenoxy) is 3. The number of rotatable bonds is 8. The summed E-state index contributed by atoms with van der Waals surface area (Å²) in [6.07, 6.45) is 0. The molecule has 3 aromatic carbocycles. The molecular weight excluding hydrogens is 505 g/mol. The number of aliphatic imine (C=N–C) groups is 1. The van der Waals surface area contributed by atoms with Crippen molar-refractivity contribution < 1.29 is 14.2 Å². The number of nitrogens with zero attached hydrogens (tertiary/aromatic N) is 1. The standard InChI is InChI=1S/C24H29N3O3.HI/c1-5-25-24(27-16-19-11-8-10-18-9-6-7-12-20(18)19)26-15-17-13-21(28-2)23(30-4)22(14-17)29-3;/h6-14H,5,15-16H2,1-4H3,(H2,25,26,27);1H. The zero-order valence-corrected chi connectivity index (χ0v) is 20.7. The van der Waals surface area contributed by atoms with E-state index in [9.17, 15) is 0 Å². The fourth-order valence-corrected chi connectivity index (χ4v) is 3.36. The topological polar surface area (TPSA) is 64.1 Å². The minimum absolute atomic E-state index is 0. The highest BCUT2D eigenvalue weighted by atomic mass is 127. The van der Waals surface area contributed by atoms with Gasteiger partial charge in [0.15, 0.2) is 17.5 Å². The van der Waals surface area contributed by atoms with E-state index in [1.54, 1.807) is 21.3 Å². The molecule has 0 saturated heterocycles. The Balaban J connectivity index is 0.00000341. The second-order valence-corrected chi connectivity index (χ2v) is 6.72. The molecule has 3 rings (SSSR count). The third-order valence-electron chi connectivity index (χ3n) is 4.81. The number of benzene rings is 3. The van der Waals surface area contributed by atoms with Crippen LogP contribution in [0.1, 0.15) is 18.1 Å². The molecule has 0 saturated carbocycles.